The molecule has 0 amide bonds. The fourth-order valence-corrected chi connectivity index (χ4v) is 1.69. The number of rotatable bonds is 3. The van der Waals surface area contributed by atoms with Gasteiger partial charge in [0.2, 0.25) is 5.82 Å². The molecular weight excluding hydrogens is 198 g/mol. The van der Waals surface area contributed by atoms with Gasteiger partial charge in [-0.1, -0.05) is 0 Å². The van der Waals surface area contributed by atoms with Gasteiger partial charge in [-0.05, 0) is 24.4 Å². The maximum Gasteiger partial charge on any atom is 0.223 e. The Morgan fingerprint density at radius 1 is 1.67 bits per heavy atom. The predicted octanol–water partition coefficient (Wildman–Crippen LogP) is 1.47. The van der Waals surface area contributed by atoms with E-state index >= 15 is 0 Å². The minimum absolute atomic E-state index is 0.0478. The summed E-state index contributed by atoms with van der Waals surface area (Å²) >= 11 is 0. The van der Waals surface area contributed by atoms with Crippen molar-refractivity contribution in [2.24, 2.45) is 5.18 Å². The lowest BCUT2D eigenvalue weighted by atomic mass is 10.2. The average Bonchev–Trinajstić information content (AvgIpc) is 2.73. The summed E-state index contributed by atoms with van der Waals surface area (Å²) in [6, 6.07) is 0. The molecule has 82 valence electrons. The molecule has 15 heavy (non-hydrogen) atoms. The lowest BCUT2D eigenvalue weighted by Gasteiger charge is -2.22. The summed E-state index contributed by atoms with van der Waals surface area (Å²) in [7, 11) is 0. The second-order valence-corrected chi connectivity index (χ2v) is 3.53. The molecule has 1 aliphatic heterocycles. The molecule has 0 saturated carbocycles. The minimum atomic E-state index is -0.228. The molecule has 6 heteroatoms. The first-order chi connectivity index (χ1) is 7.35. The van der Waals surface area contributed by atoms with Crippen molar-refractivity contribution in [1.82, 2.24) is 9.78 Å². The zero-order chi connectivity index (χ0) is 10.7. The van der Waals surface area contributed by atoms with Crippen molar-refractivity contribution < 1.29 is 9.84 Å². The zero-order valence-corrected chi connectivity index (χ0v) is 8.30. The highest BCUT2D eigenvalue weighted by molar-refractivity contribution is 5.35. The van der Waals surface area contributed by atoms with Crippen LogP contribution in [0.4, 0.5) is 5.82 Å². The van der Waals surface area contributed by atoms with Gasteiger partial charge in [-0.2, -0.15) is 0 Å². The van der Waals surface area contributed by atoms with Crippen LogP contribution in [0.2, 0.25) is 0 Å². The summed E-state index contributed by atoms with van der Waals surface area (Å²) in [4.78, 5) is 10.4. The molecule has 1 N–H and O–H groups in total. The Kier molecular flexibility index (Phi) is 3.08. The maximum atomic E-state index is 10.4. The van der Waals surface area contributed by atoms with Crippen LogP contribution in [-0.4, -0.2) is 21.5 Å². The van der Waals surface area contributed by atoms with Crippen molar-refractivity contribution in [3.05, 3.63) is 16.7 Å². The molecule has 1 aromatic rings. The molecule has 1 unspecified atom stereocenters. The van der Waals surface area contributed by atoms with Crippen LogP contribution in [-0.2, 0) is 11.3 Å². The predicted molar refractivity (Wildman–Crippen MR) is 52.4 cm³/mol. The van der Waals surface area contributed by atoms with E-state index < -0.39 is 0 Å². The van der Waals surface area contributed by atoms with Gasteiger partial charge < -0.3 is 9.84 Å². The molecule has 1 aliphatic rings. The van der Waals surface area contributed by atoms with E-state index in [4.69, 9.17) is 9.84 Å². The fourth-order valence-electron chi connectivity index (χ4n) is 1.69. The SMILES string of the molecule is O=Nc1nn(C2CCCCO2)cc1CO. The third-order valence-corrected chi connectivity index (χ3v) is 2.49. The Balaban J connectivity index is 2.19. The molecule has 0 aromatic carbocycles. The van der Waals surface area contributed by atoms with Crippen molar-refractivity contribution in [2.45, 2.75) is 32.1 Å². The topological polar surface area (TPSA) is 76.7 Å². The van der Waals surface area contributed by atoms with E-state index in [9.17, 15) is 4.91 Å². The van der Waals surface area contributed by atoms with Crippen molar-refractivity contribution in [1.29, 1.82) is 0 Å². The molecule has 2 rings (SSSR count). The highest BCUT2D eigenvalue weighted by atomic mass is 16.5. The van der Waals surface area contributed by atoms with Crippen LogP contribution in [0.15, 0.2) is 11.4 Å². The van der Waals surface area contributed by atoms with Crippen LogP contribution in [0.25, 0.3) is 0 Å². The summed E-state index contributed by atoms with van der Waals surface area (Å²) in [5.41, 5.74) is 0.444. The van der Waals surface area contributed by atoms with E-state index in [0.29, 0.717) is 12.2 Å². The standard InChI is InChI=1S/C9H13N3O3/c13-6-7-5-12(10-9(7)11-14)8-3-1-2-4-15-8/h5,8,13H,1-4,6H2. The summed E-state index contributed by atoms with van der Waals surface area (Å²) < 4.78 is 7.07. The minimum Gasteiger partial charge on any atom is -0.391 e. The second-order valence-electron chi connectivity index (χ2n) is 3.53. The quantitative estimate of drug-likeness (QED) is 0.768. The Morgan fingerprint density at radius 3 is 3.07 bits per heavy atom. The number of ether oxygens (including phenoxy) is 1. The molecule has 1 aromatic heterocycles. The normalized spacial score (nSPS) is 21.5. The third kappa shape index (κ3) is 2.05. The van der Waals surface area contributed by atoms with Gasteiger partial charge >= 0.3 is 0 Å². The largest absolute Gasteiger partial charge is 0.391 e. The molecule has 0 spiro atoms. The Bertz CT molecular complexity index is 344. The molecular formula is C9H13N3O3. The van der Waals surface area contributed by atoms with E-state index in [-0.39, 0.29) is 18.7 Å². The van der Waals surface area contributed by atoms with E-state index in [1.165, 1.54) is 0 Å². The summed E-state index contributed by atoms with van der Waals surface area (Å²) in [5.74, 6) is 0.0478. The number of nitroso groups, excluding NO2 is 1. The lowest BCUT2D eigenvalue weighted by molar-refractivity contribution is -0.0394. The lowest BCUT2D eigenvalue weighted by Crippen LogP contribution is -2.18. The molecule has 0 bridgehead atoms. The molecule has 2 heterocycles. The first-order valence-corrected chi connectivity index (χ1v) is 4.99. The maximum absolute atomic E-state index is 10.4. The summed E-state index contributed by atoms with van der Waals surface area (Å²) in [6.45, 7) is 0.483. The summed E-state index contributed by atoms with van der Waals surface area (Å²) in [6.07, 6.45) is 4.52. The molecule has 1 fully saturated rings. The van der Waals surface area contributed by atoms with E-state index in [1.54, 1.807) is 10.9 Å². The van der Waals surface area contributed by atoms with Gasteiger partial charge in [-0.15, -0.1) is 10.0 Å². The first-order valence-electron chi connectivity index (χ1n) is 4.99. The van der Waals surface area contributed by atoms with Crippen LogP contribution >= 0.6 is 0 Å². The zero-order valence-electron chi connectivity index (χ0n) is 8.30. The monoisotopic (exact) mass is 211 g/mol. The Labute approximate surface area is 86.8 Å². The van der Waals surface area contributed by atoms with Crippen LogP contribution in [0.3, 0.4) is 0 Å². The van der Waals surface area contributed by atoms with Gasteiger partial charge in [-0.25, -0.2) is 4.68 Å². The van der Waals surface area contributed by atoms with Gasteiger partial charge in [-0.3, -0.25) is 0 Å². The highest BCUT2D eigenvalue weighted by Gasteiger charge is 2.19. The highest BCUT2D eigenvalue weighted by Crippen LogP contribution is 2.25. The van der Waals surface area contributed by atoms with Gasteiger partial charge in [0.15, 0.2) is 0 Å². The Hall–Kier alpha value is -1.27. The number of hydrogen-bond acceptors (Lipinski definition) is 5. The van der Waals surface area contributed by atoms with Crippen LogP contribution in [0, 0.1) is 4.91 Å². The second kappa shape index (κ2) is 4.50. The van der Waals surface area contributed by atoms with Crippen LogP contribution in [0.5, 0.6) is 0 Å². The Morgan fingerprint density at radius 2 is 2.53 bits per heavy atom. The van der Waals surface area contributed by atoms with Gasteiger partial charge in [0.1, 0.15) is 6.23 Å². The number of aliphatic hydroxyl groups is 1. The van der Waals surface area contributed by atoms with Gasteiger partial charge in [0.25, 0.3) is 0 Å². The average molecular weight is 211 g/mol. The fraction of sp³-hybridized carbons (Fsp3) is 0.667. The first kappa shape index (κ1) is 10.3. The molecule has 0 radical (unpaired) electrons. The van der Waals surface area contributed by atoms with Gasteiger partial charge in [0, 0.05) is 18.4 Å². The number of aliphatic hydroxyl groups excluding tert-OH is 1. The molecule has 6 nitrogen and oxygen atoms in total. The van der Waals surface area contributed by atoms with E-state index in [2.05, 4.69) is 10.3 Å². The van der Waals surface area contributed by atoms with E-state index in [0.717, 1.165) is 19.3 Å². The molecule has 1 saturated heterocycles. The molecule has 1 atom stereocenters. The van der Waals surface area contributed by atoms with Crippen molar-refractivity contribution in [3.63, 3.8) is 0 Å². The van der Waals surface area contributed by atoms with Crippen LogP contribution in [0.1, 0.15) is 31.1 Å². The van der Waals surface area contributed by atoms with E-state index in [1.807, 2.05) is 0 Å². The number of hydrogen-bond donors (Lipinski definition) is 1. The van der Waals surface area contributed by atoms with Crippen molar-refractivity contribution in [3.8, 4) is 0 Å². The third-order valence-electron chi connectivity index (χ3n) is 2.49. The molecule has 0 aliphatic carbocycles. The number of aromatic nitrogens is 2. The van der Waals surface area contributed by atoms with Crippen LogP contribution < -0.4 is 0 Å². The van der Waals surface area contributed by atoms with Crippen molar-refractivity contribution in [2.75, 3.05) is 6.61 Å². The van der Waals surface area contributed by atoms with Gasteiger partial charge in [0.05, 0.1) is 6.61 Å². The smallest absolute Gasteiger partial charge is 0.223 e. The summed E-state index contributed by atoms with van der Waals surface area (Å²) in [5, 5.41) is 15.7. The van der Waals surface area contributed by atoms with Crippen molar-refractivity contribution >= 4 is 5.82 Å². The number of nitrogens with zero attached hydrogens (tertiary/aromatic N) is 3.